The van der Waals surface area contributed by atoms with Crippen LogP contribution in [0.4, 0.5) is 17.1 Å². The number of aromatic nitrogens is 1. The molecule has 39 heavy (non-hydrogen) atoms. The number of rotatable bonds is 5. The maximum absolute atomic E-state index is 13.5. The topological polar surface area (TPSA) is 77.7 Å². The highest BCUT2D eigenvalue weighted by Crippen LogP contribution is 2.37. The molecule has 6 rings (SSSR count). The number of morpholine rings is 1. The highest BCUT2D eigenvalue weighted by molar-refractivity contribution is 6.31. The highest BCUT2D eigenvalue weighted by Gasteiger charge is 2.29. The number of hydrogen-bond acceptors (Lipinski definition) is 5. The Kier molecular flexibility index (Phi) is 7.26. The lowest BCUT2D eigenvalue weighted by atomic mass is 9.93. The second-order valence-corrected chi connectivity index (χ2v) is 10.6. The minimum Gasteiger partial charge on any atom is -0.378 e. The van der Waals surface area contributed by atoms with Crippen LogP contribution in [0.2, 0.25) is 5.02 Å². The maximum atomic E-state index is 13.5. The molecule has 0 bridgehead atoms. The Balaban J connectivity index is 1.26. The van der Waals surface area contributed by atoms with Gasteiger partial charge in [-0.3, -0.25) is 9.59 Å². The minimum atomic E-state index is -0.240. The van der Waals surface area contributed by atoms with E-state index in [0.717, 1.165) is 72.5 Å². The van der Waals surface area contributed by atoms with E-state index in [1.165, 1.54) is 0 Å². The lowest BCUT2D eigenvalue weighted by molar-refractivity contribution is -0.120. The quantitative estimate of drug-likeness (QED) is 0.346. The maximum Gasteiger partial charge on any atom is 0.272 e. The number of carbonyl (C=O) groups excluding carboxylic acids is 1. The molecule has 2 fully saturated rings. The number of pyridine rings is 1. The lowest BCUT2D eigenvalue weighted by Crippen LogP contribution is -2.43. The first-order chi connectivity index (χ1) is 19.1. The number of aromatic amines is 1. The molecular formula is C31H31ClN4O3. The van der Waals surface area contributed by atoms with Crippen LogP contribution in [0.1, 0.15) is 12.8 Å². The van der Waals surface area contributed by atoms with Gasteiger partial charge in [-0.25, -0.2) is 0 Å². The van der Waals surface area contributed by atoms with Crippen LogP contribution in [0.3, 0.4) is 0 Å². The summed E-state index contributed by atoms with van der Waals surface area (Å²) in [6.07, 6.45) is 1.58. The number of anilines is 3. The zero-order chi connectivity index (χ0) is 26.8. The Morgan fingerprint density at radius 3 is 2.49 bits per heavy atom. The van der Waals surface area contributed by atoms with Gasteiger partial charge in [0.25, 0.3) is 5.56 Å². The van der Waals surface area contributed by atoms with E-state index in [9.17, 15) is 9.59 Å². The molecule has 3 aromatic carbocycles. The van der Waals surface area contributed by atoms with Crippen LogP contribution < -0.4 is 20.7 Å². The molecule has 1 amide bonds. The second kappa shape index (κ2) is 11.1. The van der Waals surface area contributed by atoms with Crippen LogP contribution in [0.15, 0.2) is 77.6 Å². The number of amides is 1. The van der Waals surface area contributed by atoms with Crippen molar-refractivity contribution < 1.29 is 9.53 Å². The summed E-state index contributed by atoms with van der Waals surface area (Å²) in [5.41, 5.74) is 4.85. The summed E-state index contributed by atoms with van der Waals surface area (Å²) in [4.78, 5) is 34.3. The lowest BCUT2D eigenvalue weighted by Gasteiger charge is -2.34. The van der Waals surface area contributed by atoms with Crippen molar-refractivity contribution in [2.45, 2.75) is 12.8 Å². The molecule has 0 aliphatic carbocycles. The van der Waals surface area contributed by atoms with E-state index in [2.05, 4.69) is 20.1 Å². The first kappa shape index (κ1) is 25.5. The Hall–Kier alpha value is -3.81. The van der Waals surface area contributed by atoms with Crippen molar-refractivity contribution in [3.63, 3.8) is 0 Å². The first-order valence-electron chi connectivity index (χ1n) is 13.5. The highest BCUT2D eigenvalue weighted by atomic mass is 35.5. The average Bonchev–Trinajstić information content (AvgIpc) is 2.98. The minimum absolute atomic E-state index is 0.0275. The number of halogens is 1. The zero-order valence-electron chi connectivity index (χ0n) is 21.7. The number of carbonyl (C=O) groups is 1. The number of nitrogens with one attached hydrogen (secondary N) is 2. The second-order valence-electron chi connectivity index (χ2n) is 10.2. The van der Waals surface area contributed by atoms with Gasteiger partial charge in [0.1, 0.15) is 5.69 Å². The fourth-order valence-corrected chi connectivity index (χ4v) is 5.84. The molecule has 4 aromatic rings. The number of H-pyrrole nitrogens is 1. The molecule has 200 valence electrons. The van der Waals surface area contributed by atoms with Crippen molar-refractivity contribution >= 4 is 45.5 Å². The molecule has 0 radical (unpaired) electrons. The molecule has 2 N–H and O–H groups in total. The molecular weight excluding hydrogens is 512 g/mol. The van der Waals surface area contributed by atoms with Crippen molar-refractivity contribution in [2.24, 2.45) is 5.92 Å². The van der Waals surface area contributed by atoms with E-state index in [0.29, 0.717) is 23.8 Å². The van der Waals surface area contributed by atoms with E-state index >= 15 is 0 Å². The Bertz CT molecular complexity index is 1530. The van der Waals surface area contributed by atoms with Crippen LogP contribution in [0, 0.1) is 5.92 Å². The first-order valence-corrected chi connectivity index (χ1v) is 13.8. The van der Waals surface area contributed by atoms with E-state index in [4.69, 9.17) is 16.3 Å². The fourth-order valence-electron chi connectivity index (χ4n) is 5.67. The van der Waals surface area contributed by atoms with Gasteiger partial charge in [-0.15, -0.1) is 0 Å². The molecule has 1 atom stereocenters. The Morgan fingerprint density at radius 1 is 0.949 bits per heavy atom. The number of hydrogen-bond donors (Lipinski definition) is 2. The van der Waals surface area contributed by atoms with Crippen LogP contribution in [0.5, 0.6) is 0 Å². The van der Waals surface area contributed by atoms with E-state index in [1.54, 1.807) is 6.07 Å². The van der Waals surface area contributed by atoms with Gasteiger partial charge in [0.2, 0.25) is 5.91 Å². The molecule has 0 spiro atoms. The van der Waals surface area contributed by atoms with Gasteiger partial charge in [-0.2, -0.15) is 0 Å². The van der Waals surface area contributed by atoms with Gasteiger partial charge >= 0.3 is 0 Å². The summed E-state index contributed by atoms with van der Waals surface area (Å²) in [7, 11) is 0. The van der Waals surface area contributed by atoms with Crippen LogP contribution in [-0.4, -0.2) is 50.3 Å². The summed E-state index contributed by atoms with van der Waals surface area (Å²) in [5, 5.41) is 4.59. The van der Waals surface area contributed by atoms with Crippen molar-refractivity contribution in [2.75, 3.05) is 54.5 Å². The standard InChI is InChI=1S/C31H31ClN4O3/c32-23-8-13-27-26(19-23)28(21-5-2-1-3-6-21)29(31(38)34-27)36-14-4-7-22(20-36)30(37)33-24-9-11-25(12-10-24)35-15-17-39-18-16-35/h1-3,5-6,8-13,19,22H,4,7,14-18,20H2,(H,33,37)(H,34,38). The van der Waals surface area contributed by atoms with Crippen molar-refractivity contribution in [1.82, 2.24) is 4.98 Å². The van der Waals surface area contributed by atoms with Crippen molar-refractivity contribution in [3.05, 3.63) is 88.2 Å². The van der Waals surface area contributed by atoms with Gasteiger partial charge in [-0.05, 0) is 60.9 Å². The molecule has 0 saturated carbocycles. The third-order valence-corrected chi connectivity index (χ3v) is 7.87. The van der Waals surface area contributed by atoms with Crippen LogP contribution >= 0.6 is 11.6 Å². The molecule has 1 aromatic heterocycles. The molecule has 2 saturated heterocycles. The molecule has 2 aliphatic rings. The molecule has 1 unspecified atom stereocenters. The van der Waals surface area contributed by atoms with Gasteiger partial charge in [0.05, 0.1) is 19.1 Å². The Labute approximate surface area is 232 Å². The number of fused-ring (bicyclic) bond motifs is 1. The van der Waals surface area contributed by atoms with Crippen LogP contribution in [-0.2, 0) is 9.53 Å². The summed E-state index contributed by atoms with van der Waals surface area (Å²) < 4.78 is 5.44. The van der Waals surface area contributed by atoms with Crippen molar-refractivity contribution in [3.8, 4) is 11.1 Å². The average molecular weight is 543 g/mol. The number of benzene rings is 3. The summed E-state index contributed by atoms with van der Waals surface area (Å²) in [5.74, 6) is -0.268. The molecule has 7 nitrogen and oxygen atoms in total. The van der Waals surface area contributed by atoms with E-state index in [1.807, 2.05) is 66.7 Å². The third kappa shape index (κ3) is 5.37. The zero-order valence-corrected chi connectivity index (χ0v) is 22.4. The van der Waals surface area contributed by atoms with Gasteiger partial charge in [-0.1, -0.05) is 41.9 Å². The smallest absolute Gasteiger partial charge is 0.272 e. The van der Waals surface area contributed by atoms with Crippen LogP contribution in [0.25, 0.3) is 22.0 Å². The monoisotopic (exact) mass is 542 g/mol. The molecule has 3 heterocycles. The third-order valence-electron chi connectivity index (χ3n) is 7.63. The summed E-state index contributed by atoms with van der Waals surface area (Å²) in [6, 6.07) is 23.4. The number of ether oxygens (including phenoxy) is 1. The number of piperidine rings is 1. The largest absolute Gasteiger partial charge is 0.378 e. The SMILES string of the molecule is O=C(Nc1ccc(N2CCOCC2)cc1)C1CCCN(c2c(-c3ccccc3)c3cc(Cl)ccc3[nH]c2=O)C1. The van der Waals surface area contributed by atoms with Gasteiger partial charge in [0.15, 0.2) is 0 Å². The van der Waals surface area contributed by atoms with Gasteiger partial charge < -0.3 is 24.8 Å². The summed E-state index contributed by atoms with van der Waals surface area (Å²) in [6.45, 7) is 4.37. The van der Waals surface area contributed by atoms with Crippen molar-refractivity contribution in [1.29, 1.82) is 0 Å². The van der Waals surface area contributed by atoms with Gasteiger partial charge in [0, 0.05) is 59.0 Å². The summed E-state index contributed by atoms with van der Waals surface area (Å²) >= 11 is 6.38. The van der Waals surface area contributed by atoms with E-state index in [-0.39, 0.29) is 17.4 Å². The molecule has 2 aliphatic heterocycles. The normalized spacial score (nSPS) is 17.8. The van der Waals surface area contributed by atoms with E-state index < -0.39 is 0 Å². The predicted molar refractivity (Wildman–Crippen MR) is 158 cm³/mol. The molecule has 8 heteroatoms. The fraction of sp³-hybridized carbons (Fsp3) is 0.290. The predicted octanol–water partition coefficient (Wildman–Crippen LogP) is 5.54. The number of nitrogens with zero attached hydrogens (tertiary/aromatic N) is 2. The Morgan fingerprint density at radius 2 is 1.72 bits per heavy atom.